The number of carbonyl (C=O) groups is 3. The zero-order chi connectivity index (χ0) is 25.6. The molecule has 1 heterocycles. The van der Waals surface area contributed by atoms with Crippen LogP contribution in [0.5, 0.6) is 5.75 Å². The fourth-order valence-electron chi connectivity index (χ4n) is 4.43. The third kappa shape index (κ3) is 3.69. The second-order valence-corrected chi connectivity index (χ2v) is 8.78. The first kappa shape index (κ1) is 23.2. The Kier molecular flexibility index (Phi) is 5.76. The van der Waals surface area contributed by atoms with Gasteiger partial charge in [-0.3, -0.25) is 14.4 Å². The van der Waals surface area contributed by atoms with Crippen molar-refractivity contribution in [2.24, 2.45) is 0 Å². The molecule has 4 aromatic rings. The number of hydrogen-bond donors (Lipinski definition) is 1. The van der Waals surface area contributed by atoms with Gasteiger partial charge in [0.2, 0.25) is 5.78 Å². The number of esters is 1. The number of phenols is 1. The number of carbonyl (C=O) groups excluding carboxylic acids is 3. The third-order valence-corrected chi connectivity index (χ3v) is 6.55. The molecule has 0 fully saturated rings. The molecule has 36 heavy (non-hydrogen) atoms. The Morgan fingerprint density at radius 1 is 0.944 bits per heavy atom. The van der Waals surface area contributed by atoms with Crippen molar-refractivity contribution in [1.82, 2.24) is 0 Å². The van der Waals surface area contributed by atoms with E-state index in [4.69, 9.17) is 9.15 Å². The minimum Gasteiger partial charge on any atom is -0.507 e. The summed E-state index contributed by atoms with van der Waals surface area (Å²) >= 11 is 0. The smallest absolute Gasteiger partial charge is 0.338 e. The number of aromatic hydroxyl groups is 1. The van der Waals surface area contributed by atoms with Crippen molar-refractivity contribution in [3.05, 3.63) is 110 Å². The van der Waals surface area contributed by atoms with Crippen LogP contribution in [0.25, 0.3) is 11.0 Å². The lowest BCUT2D eigenvalue weighted by Gasteiger charge is -2.21. The van der Waals surface area contributed by atoms with E-state index in [-0.39, 0.29) is 57.1 Å². The van der Waals surface area contributed by atoms with Gasteiger partial charge in [0.25, 0.3) is 0 Å². The van der Waals surface area contributed by atoms with Gasteiger partial charge in [-0.2, -0.15) is 0 Å². The monoisotopic (exact) mass is 482 g/mol. The van der Waals surface area contributed by atoms with Crippen LogP contribution in [0.15, 0.2) is 69.9 Å². The number of ether oxygens (including phenoxy) is 1. The molecule has 1 unspecified atom stereocenters. The first-order valence-corrected chi connectivity index (χ1v) is 11.6. The number of fused-ring (bicyclic) bond motifs is 4. The molecule has 180 valence electrons. The summed E-state index contributed by atoms with van der Waals surface area (Å²) < 4.78 is 11.6. The Balaban J connectivity index is 1.73. The topological polar surface area (TPSA) is 111 Å². The first-order valence-electron chi connectivity index (χ1n) is 11.6. The van der Waals surface area contributed by atoms with E-state index in [1.54, 1.807) is 30.3 Å². The maximum Gasteiger partial charge on any atom is 0.338 e. The normalized spacial score (nSPS) is 13.3. The van der Waals surface area contributed by atoms with Crippen molar-refractivity contribution in [3.8, 4) is 5.75 Å². The fourth-order valence-corrected chi connectivity index (χ4v) is 4.43. The van der Waals surface area contributed by atoms with Crippen molar-refractivity contribution in [3.63, 3.8) is 0 Å². The van der Waals surface area contributed by atoms with Crippen LogP contribution < -0.4 is 5.43 Å². The standard InChI is InChI=1S/C29H22O7/c1-3-15(2)22-13-21(31)23-17(14-35-29(34)16-8-5-4-6-9-16)12-19-25(28(23)36-22)27(33)24-18(26(19)32)10-7-11-20(24)30/h4-13,15,30H,3,14H2,1-2H3. The van der Waals surface area contributed by atoms with Crippen LogP contribution in [0, 0.1) is 0 Å². The van der Waals surface area contributed by atoms with Crippen molar-refractivity contribution in [2.45, 2.75) is 32.8 Å². The van der Waals surface area contributed by atoms with E-state index < -0.39 is 23.0 Å². The van der Waals surface area contributed by atoms with Crippen LogP contribution in [0.3, 0.4) is 0 Å². The second kappa shape index (κ2) is 8.92. The highest BCUT2D eigenvalue weighted by molar-refractivity contribution is 6.32. The molecular weight excluding hydrogens is 460 g/mol. The zero-order valence-corrected chi connectivity index (χ0v) is 19.7. The zero-order valence-electron chi connectivity index (χ0n) is 19.7. The molecule has 0 saturated heterocycles. The number of hydrogen-bond acceptors (Lipinski definition) is 7. The minimum absolute atomic E-state index is 0.0285. The van der Waals surface area contributed by atoms with Crippen LogP contribution in [0.2, 0.25) is 0 Å². The van der Waals surface area contributed by atoms with Gasteiger partial charge in [0.15, 0.2) is 11.2 Å². The molecule has 1 N–H and O–H groups in total. The SMILES string of the molecule is CCC(C)c1cc(=O)c2c(COC(=O)c3ccccc3)cc3c(c2o1)C(=O)c1c(O)cccc1C3=O. The summed E-state index contributed by atoms with van der Waals surface area (Å²) in [4.78, 5) is 52.8. The fraction of sp³-hybridized carbons (Fsp3) is 0.172. The van der Waals surface area contributed by atoms with Crippen LogP contribution in [-0.2, 0) is 11.3 Å². The quantitative estimate of drug-likeness (QED) is 0.345. The average molecular weight is 482 g/mol. The minimum atomic E-state index is -0.611. The molecule has 0 spiro atoms. The number of phenolic OH excluding ortho intramolecular Hbond substituents is 1. The van der Waals surface area contributed by atoms with Gasteiger partial charge < -0.3 is 14.3 Å². The average Bonchev–Trinajstić information content (AvgIpc) is 2.89. The predicted molar refractivity (Wildman–Crippen MR) is 132 cm³/mol. The first-order chi connectivity index (χ1) is 17.3. The molecule has 1 aromatic heterocycles. The summed E-state index contributed by atoms with van der Waals surface area (Å²) in [6.07, 6.45) is 0.682. The second-order valence-electron chi connectivity index (χ2n) is 8.78. The molecule has 1 atom stereocenters. The summed E-state index contributed by atoms with van der Waals surface area (Å²) in [5.74, 6) is -1.78. The highest BCUT2D eigenvalue weighted by atomic mass is 16.5. The number of benzene rings is 3. The summed E-state index contributed by atoms with van der Waals surface area (Å²) in [5, 5.41) is 10.4. The highest BCUT2D eigenvalue weighted by Gasteiger charge is 2.36. The molecule has 1 aliphatic rings. The Morgan fingerprint density at radius 3 is 2.42 bits per heavy atom. The lowest BCUT2D eigenvalue weighted by atomic mass is 9.81. The summed E-state index contributed by atoms with van der Waals surface area (Å²) in [6, 6.07) is 15.4. The molecule has 1 aliphatic carbocycles. The molecule has 0 amide bonds. The molecule has 3 aromatic carbocycles. The molecule has 0 saturated carbocycles. The van der Waals surface area contributed by atoms with Gasteiger partial charge in [-0.1, -0.05) is 44.2 Å². The van der Waals surface area contributed by atoms with Gasteiger partial charge in [0.05, 0.1) is 22.1 Å². The van der Waals surface area contributed by atoms with E-state index in [1.165, 1.54) is 30.3 Å². The molecule has 0 aliphatic heterocycles. The van der Waals surface area contributed by atoms with Gasteiger partial charge in [0.1, 0.15) is 23.7 Å². The van der Waals surface area contributed by atoms with E-state index in [9.17, 15) is 24.3 Å². The Morgan fingerprint density at radius 2 is 1.69 bits per heavy atom. The van der Waals surface area contributed by atoms with Gasteiger partial charge in [0, 0.05) is 28.7 Å². The van der Waals surface area contributed by atoms with Crippen molar-refractivity contribution < 1.29 is 28.6 Å². The molecule has 7 heteroatoms. The molecule has 5 rings (SSSR count). The summed E-state index contributed by atoms with van der Waals surface area (Å²) in [5.41, 5.74) is 0.00126. The van der Waals surface area contributed by atoms with E-state index in [2.05, 4.69) is 0 Å². The predicted octanol–water partition coefficient (Wildman–Crippen LogP) is 5.14. The third-order valence-electron chi connectivity index (χ3n) is 6.55. The number of ketones is 2. The highest BCUT2D eigenvalue weighted by Crippen LogP contribution is 2.38. The molecular formula is C29H22O7. The van der Waals surface area contributed by atoms with Gasteiger partial charge in [-0.15, -0.1) is 0 Å². The van der Waals surface area contributed by atoms with E-state index in [1.807, 2.05) is 13.8 Å². The lowest BCUT2D eigenvalue weighted by molar-refractivity contribution is 0.0474. The summed E-state index contributed by atoms with van der Waals surface area (Å²) in [7, 11) is 0. The van der Waals surface area contributed by atoms with Crippen LogP contribution >= 0.6 is 0 Å². The van der Waals surface area contributed by atoms with Gasteiger partial charge in [-0.05, 0) is 30.7 Å². The maximum atomic E-state index is 13.6. The maximum absolute atomic E-state index is 13.6. The number of rotatable bonds is 5. The molecule has 0 bridgehead atoms. The van der Waals surface area contributed by atoms with E-state index >= 15 is 0 Å². The molecule has 0 radical (unpaired) electrons. The van der Waals surface area contributed by atoms with E-state index in [0.717, 1.165) is 0 Å². The van der Waals surface area contributed by atoms with Crippen LogP contribution in [0.1, 0.15) is 79.7 Å². The van der Waals surface area contributed by atoms with Gasteiger partial charge >= 0.3 is 5.97 Å². The largest absolute Gasteiger partial charge is 0.507 e. The van der Waals surface area contributed by atoms with Crippen molar-refractivity contribution >= 4 is 28.5 Å². The Hall–Kier alpha value is -4.52. The Labute approximate surface area is 205 Å². The van der Waals surface area contributed by atoms with Crippen LogP contribution in [-0.4, -0.2) is 22.6 Å². The van der Waals surface area contributed by atoms with Gasteiger partial charge in [-0.25, -0.2) is 4.79 Å². The van der Waals surface area contributed by atoms with Crippen molar-refractivity contribution in [2.75, 3.05) is 0 Å². The summed E-state index contributed by atoms with van der Waals surface area (Å²) in [6.45, 7) is 3.52. The molecule has 7 nitrogen and oxygen atoms in total. The lowest BCUT2D eigenvalue weighted by Crippen LogP contribution is -2.23. The Bertz CT molecular complexity index is 1610. The van der Waals surface area contributed by atoms with Crippen molar-refractivity contribution in [1.29, 1.82) is 0 Å². The van der Waals surface area contributed by atoms with Crippen LogP contribution in [0.4, 0.5) is 0 Å². The van der Waals surface area contributed by atoms with E-state index in [0.29, 0.717) is 17.7 Å².